The zero-order valence-electron chi connectivity index (χ0n) is 21.9. The predicted octanol–water partition coefficient (Wildman–Crippen LogP) is 6.64. The molecular formula is C28H38BrNO5. The van der Waals surface area contributed by atoms with E-state index in [0.29, 0.717) is 19.0 Å². The molecule has 1 atom stereocenters. The van der Waals surface area contributed by atoms with E-state index in [9.17, 15) is 4.79 Å². The second kappa shape index (κ2) is 13.2. The smallest absolute Gasteiger partial charge is 0.308 e. The Morgan fingerprint density at radius 1 is 1.06 bits per heavy atom. The van der Waals surface area contributed by atoms with E-state index in [0.717, 1.165) is 21.2 Å². The molecule has 2 rings (SSSR count). The molecule has 2 aromatic carbocycles. The molecule has 0 aliphatic heterocycles. The number of hydrogen-bond acceptors (Lipinski definition) is 6. The minimum absolute atomic E-state index is 0.0582. The topological polar surface area (TPSA) is 66.4 Å². The molecule has 2 aromatic rings. The lowest BCUT2D eigenvalue weighted by atomic mass is 9.84. The van der Waals surface area contributed by atoms with Gasteiger partial charge in [0.1, 0.15) is 11.4 Å². The number of nitrogens with zero attached hydrogens (tertiary/aromatic N) is 1. The summed E-state index contributed by atoms with van der Waals surface area (Å²) in [5.41, 5.74) is 1.91. The molecule has 0 fully saturated rings. The molecule has 0 unspecified atom stereocenters. The molecule has 0 radical (unpaired) electrons. The van der Waals surface area contributed by atoms with Crippen LogP contribution in [-0.2, 0) is 24.4 Å². The van der Waals surface area contributed by atoms with Crippen LogP contribution in [-0.4, -0.2) is 44.9 Å². The highest BCUT2D eigenvalue weighted by molar-refractivity contribution is 9.10. The van der Waals surface area contributed by atoms with E-state index in [1.807, 2.05) is 63.2 Å². The van der Waals surface area contributed by atoms with E-state index in [1.54, 1.807) is 13.3 Å². The van der Waals surface area contributed by atoms with Crippen molar-refractivity contribution in [1.29, 1.82) is 0 Å². The summed E-state index contributed by atoms with van der Waals surface area (Å²) in [6, 6.07) is 13.3. The quantitative estimate of drug-likeness (QED) is 0.136. The van der Waals surface area contributed by atoms with Crippen LogP contribution in [0.15, 0.2) is 51.9 Å². The lowest BCUT2D eigenvalue weighted by molar-refractivity contribution is -0.155. The summed E-state index contributed by atoms with van der Waals surface area (Å²) in [7, 11) is 1.63. The van der Waals surface area contributed by atoms with Gasteiger partial charge in [-0.3, -0.25) is 9.79 Å². The van der Waals surface area contributed by atoms with Crippen molar-refractivity contribution in [2.75, 3.05) is 27.1 Å². The van der Waals surface area contributed by atoms with Crippen molar-refractivity contribution in [2.45, 2.75) is 65.0 Å². The Bertz CT molecular complexity index is 977. The molecule has 0 saturated carbocycles. The Morgan fingerprint density at radius 2 is 1.74 bits per heavy atom. The van der Waals surface area contributed by atoms with Crippen molar-refractivity contribution >= 4 is 28.1 Å². The third-order valence-electron chi connectivity index (χ3n) is 4.95. The standard InChI is InChI=1S/C28H38BrNO5/c1-27(2,3)23-16-21(29)15-22(26(23)34-19-33-14-13-32-7)24(17-25(31)35-28(4,5)6)30-18-20-11-9-8-10-12-20/h8-12,15-16,18,24H,13-14,17,19H2,1-7H3/t24-/m0/s1. The summed E-state index contributed by atoms with van der Waals surface area (Å²) in [6.07, 6.45) is 1.85. The third kappa shape index (κ3) is 10.1. The maximum absolute atomic E-state index is 12.9. The number of carbonyl (C=O) groups excluding carboxylic acids is 1. The average molecular weight is 549 g/mol. The van der Waals surface area contributed by atoms with E-state index in [-0.39, 0.29) is 24.6 Å². The average Bonchev–Trinajstić information content (AvgIpc) is 2.75. The summed E-state index contributed by atoms with van der Waals surface area (Å²) in [4.78, 5) is 17.7. The summed E-state index contributed by atoms with van der Waals surface area (Å²) in [5.74, 6) is 0.337. The molecule has 35 heavy (non-hydrogen) atoms. The molecule has 6 nitrogen and oxygen atoms in total. The van der Waals surface area contributed by atoms with Crippen molar-refractivity contribution in [2.24, 2.45) is 4.99 Å². The number of halogens is 1. The molecule has 0 aliphatic carbocycles. The van der Waals surface area contributed by atoms with Gasteiger partial charge in [0.05, 0.1) is 25.7 Å². The Hall–Kier alpha value is -2.22. The SMILES string of the molecule is COCCOCOc1c([C@H](CC(=O)OC(C)(C)C)N=Cc2ccccc2)cc(Br)cc1C(C)(C)C. The first-order valence-corrected chi connectivity index (χ1v) is 12.5. The first kappa shape index (κ1) is 29.0. The second-order valence-corrected chi connectivity index (χ2v) is 11.2. The van der Waals surface area contributed by atoms with Crippen molar-refractivity contribution in [3.8, 4) is 5.75 Å². The molecule has 0 heterocycles. The first-order chi connectivity index (χ1) is 16.4. The number of benzene rings is 2. The largest absolute Gasteiger partial charge is 0.467 e. The Balaban J connectivity index is 2.52. The molecule has 0 bridgehead atoms. The van der Waals surface area contributed by atoms with Gasteiger partial charge in [0.15, 0.2) is 6.79 Å². The maximum atomic E-state index is 12.9. The normalized spacial score (nSPS) is 13.1. The molecule has 7 heteroatoms. The van der Waals surface area contributed by atoms with Crippen molar-refractivity contribution < 1.29 is 23.7 Å². The highest BCUT2D eigenvalue weighted by atomic mass is 79.9. The molecular weight excluding hydrogens is 510 g/mol. The monoisotopic (exact) mass is 547 g/mol. The first-order valence-electron chi connectivity index (χ1n) is 11.7. The van der Waals surface area contributed by atoms with Crippen LogP contribution in [0.25, 0.3) is 0 Å². The van der Waals surface area contributed by atoms with Gasteiger partial charge in [-0.05, 0) is 43.9 Å². The van der Waals surface area contributed by atoms with Crippen LogP contribution < -0.4 is 4.74 Å². The van der Waals surface area contributed by atoms with Crippen LogP contribution in [0.3, 0.4) is 0 Å². The van der Waals surface area contributed by atoms with Crippen LogP contribution in [0.5, 0.6) is 5.75 Å². The highest BCUT2D eigenvalue weighted by Crippen LogP contribution is 2.41. The van der Waals surface area contributed by atoms with Gasteiger partial charge < -0.3 is 18.9 Å². The molecule has 0 amide bonds. The third-order valence-corrected chi connectivity index (χ3v) is 5.41. The number of esters is 1. The number of methoxy groups -OCH3 is 1. The maximum Gasteiger partial charge on any atom is 0.308 e. The van der Waals surface area contributed by atoms with Crippen LogP contribution >= 0.6 is 15.9 Å². The number of ether oxygens (including phenoxy) is 4. The number of rotatable bonds is 11. The molecule has 0 N–H and O–H groups in total. The fraction of sp³-hybridized carbons (Fsp3) is 0.500. The van der Waals surface area contributed by atoms with Crippen LogP contribution in [0.4, 0.5) is 0 Å². The van der Waals surface area contributed by atoms with Crippen molar-refractivity contribution in [3.63, 3.8) is 0 Å². The van der Waals surface area contributed by atoms with E-state index in [2.05, 4.69) is 36.7 Å². The number of carbonyl (C=O) groups is 1. The van der Waals surface area contributed by atoms with E-state index >= 15 is 0 Å². The second-order valence-electron chi connectivity index (χ2n) is 10.3. The molecule has 192 valence electrons. The van der Waals surface area contributed by atoms with E-state index < -0.39 is 11.6 Å². The predicted molar refractivity (Wildman–Crippen MR) is 143 cm³/mol. The summed E-state index contributed by atoms with van der Waals surface area (Å²) >= 11 is 3.65. The van der Waals surface area contributed by atoms with E-state index in [4.69, 9.17) is 23.9 Å². The minimum Gasteiger partial charge on any atom is -0.467 e. The van der Waals surface area contributed by atoms with Crippen molar-refractivity contribution in [3.05, 3.63) is 63.6 Å². The van der Waals surface area contributed by atoms with Gasteiger partial charge in [0, 0.05) is 28.9 Å². The highest BCUT2D eigenvalue weighted by Gasteiger charge is 2.28. The number of hydrogen-bond donors (Lipinski definition) is 0. The van der Waals surface area contributed by atoms with Gasteiger partial charge in [-0.25, -0.2) is 0 Å². The molecule has 0 aromatic heterocycles. The van der Waals surface area contributed by atoms with Gasteiger partial charge in [-0.15, -0.1) is 0 Å². The molecule has 0 saturated heterocycles. The van der Waals surface area contributed by atoms with Gasteiger partial charge in [0.2, 0.25) is 0 Å². The molecule has 0 aliphatic rings. The van der Waals surface area contributed by atoms with Gasteiger partial charge in [-0.1, -0.05) is 67.0 Å². The summed E-state index contributed by atoms with van der Waals surface area (Å²) in [5, 5.41) is 0. The zero-order chi connectivity index (χ0) is 26.1. The lowest BCUT2D eigenvalue weighted by Crippen LogP contribution is -2.25. The minimum atomic E-state index is -0.590. The van der Waals surface area contributed by atoms with Crippen LogP contribution in [0, 0.1) is 0 Å². The van der Waals surface area contributed by atoms with E-state index in [1.165, 1.54) is 0 Å². The van der Waals surface area contributed by atoms with Gasteiger partial charge in [0.25, 0.3) is 0 Å². The van der Waals surface area contributed by atoms with Crippen LogP contribution in [0.2, 0.25) is 0 Å². The molecule has 0 spiro atoms. The number of aliphatic imine (C=N–C) groups is 1. The Morgan fingerprint density at radius 3 is 2.34 bits per heavy atom. The van der Waals surface area contributed by atoms with Crippen molar-refractivity contribution in [1.82, 2.24) is 0 Å². The Kier molecular flexibility index (Phi) is 10.9. The van der Waals surface area contributed by atoms with Gasteiger partial charge in [-0.2, -0.15) is 0 Å². The van der Waals surface area contributed by atoms with Gasteiger partial charge >= 0.3 is 5.97 Å². The zero-order valence-corrected chi connectivity index (χ0v) is 23.5. The fourth-order valence-corrected chi connectivity index (χ4v) is 3.86. The summed E-state index contributed by atoms with van der Waals surface area (Å²) in [6.45, 7) is 12.9. The lowest BCUT2D eigenvalue weighted by Gasteiger charge is -2.27. The van der Waals surface area contributed by atoms with Crippen LogP contribution in [0.1, 0.15) is 70.7 Å². The fourth-order valence-electron chi connectivity index (χ4n) is 3.38. The summed E-state index contributed by atoms with van der Waals surface area (Å²) < 4.78 is 23.3. The Labute approximate surface area is 218 Å².